The van der Waals surface area contributed by atoms with E-state index in [1.807, 2.05) is 0 Å². The first kappa shape index (κ1) is 11.7. The third-order valence-electron chi connectivity index (χ3n) is 0.632. The summed E-state index contributed by atoms with van der Waals surface area (Å²) in [6, 6.07) is 0. The number of carboxylic acids is 1. The van der Waals surface area contributed by atoms with Crippen LogP contribution in [0.3, 0.4) is 0 Å². The summed E-state index contributed by atoms with van der Waals surface area (Å²) in [7, 11) is 0.402. The summed E-state index contributed by atoms with van der Waals surface area (Å²) in [6.07, 6.45) is 1.37. The average Bonchev–Trinajstić information content (AvgIpc) is 1.65. The van der Waals surface area contributed by atoms with Crippen LogP contribution in [0.5, 0.6) is 0 Å². The quantitative estimate of drug-likeness (QED) is 0.579. The van der Waals surface area contributed by atoms with Crippen molar-refractivity contribution < 1.29 is 9.90 Å². The normalized spacial score (nSPS) is 8.11. The van der Waals surface area contributed by atoms with Crippen molar-refractivity contribution in [2.45, 2.75) is 13.8 Å². The zero-order chi connectivity index (χ0) is 7.86. The van der Waals surface area contributed by atoms with Crippen molar-refractivity contribution in [3.8, 4) is 0 Å². The van der Waals surface area contributed by atoms with Gasteiger partial charge in [-0.15, -0.1) is 7.92 Å². The highest BCUT2D eigenvalue weighted by Crippen LogP contribution is 2.21. The zero-order valence-electron chi connectivity index (χ0n) is 6.51. The molecule has 0 aliphatic heterocycles. The first-order valence-electron chi connectivity index (χ1n) is 2.85. The summed E-state index contributed by atoms with van der Waals surface area (Å²) < 4.78 is 0. The Morgan fingerprint density at radius 1 is 1.56 bits per heavy atom. The first-order chi connectivity index (χ1) is 4.00. The second-order valence-corrected chi connectivity index (χ2v) is 4.71. The van der Waals surface area contributed by atoms with Gasteiger partial charge in [-0.3, -0.25) is 4.79 Å². The standard InChI is InChI=1S/C4H11P.C2H4O2/c1-4-5(2)3;1-2(3)4/h4H2,1-3H3;1H3,(H,3,4). The smallest absolute Gasteiger partial charge is 0.300 e. The molecule has 0 rings (SSSR count). The van der Waals surface area contributed by atoms with Crippen LogP contribution in [0, 0.1) is 0 Å². The van der Waals surface area contributed by atoms with Gasteiger partial charge in [0.25, 0.3) is 5.97 Å². The molecular weight excluding hydrogens is 135 g/mol. The molecule has 0 fully saturated rings. The zero-order valence-corrected chi connectivity index (χ0v) is 7.40. The minimum Gasteiger partial charge on any atom is -0.481 e. The summed E-state index contributed by atoms with van der Waals surface area (Å²) in [4.78, 5) is 9.00. The number of hydrogen-bond acceptors (Lipinski definition) is 1. The van der Waals surface area contributed by atoms with Gasteiger partial charge in [-0.25, -0.2) is 0 Å². The highest BCUT2D eigenvalue weighted by atomic mass is 31.1. The molecule has 0 radical (unpaired) electrons. The van der Waals surface area contributed by atoms with Gasteiger partial charge < -0.3 is 5.11 Å². The van der Waals surface area contributed by atoms with Crippen molar-refractivity contribution in [1.29, 1.82) is 0 Å². The maximum Gasteiger partial charge on any atom is 0.300 e. The molecule has 0 aliphatic rings. The van der Waals surface area contributed by atoms with Gasteiger partial charge in [0, 0.05) is 6.92 Å². The van der Waals surface area contributed by atoms with Crippen molar-refractivity contribution in [3.05, 3.63) is 0 Å². The lowest BCUT2D eigenvalue weighted by molar-refractivity contribution is -0.134. The minimum atomic E-state index is -0.833. The lowest BCUT2D eigenvalue weighted by Crippen LogP contribution is -1.78. The average molecular weight is 150 g/mol. The summed E-state index contributed by atoms with van der Waals surface area (Å²) in [6.45, 7) is 7.89. The molecule has 0 saturated carbocycles. The van der Waals surface area contributed by atoms with Crippen molar-refractivity contribution in [1.82, 2.24) is 0 Å². The lowest BCUT2D eigenvalue weighted by Gasteiger charge is -1.92. The van der Waals surface area contributed by atoms with E-state index in [-0.39, 0.29) is 0 Å². The molecule has 3 heteroatoms. The second kappa shape index (κ2) is 7.90. The molecule has 9 heavy (non-hydrogen) atoms. The van der Waals surface area contributed by atoms with Gasteiger partial charge in [0.1, 0.15) is 0 Å². The van der Waals surface area contributed by atoms with Crippen molar-refractivity contribution in [2.24, 2.45) is 0 Å². The van der Waals surface area contributed by atoms with Crippen LogP contribution < -0.4 is 0 Å². The maximum absolute atomic E-state index is 9.00. The molecule has 0 amide bonds. The molecule has 2 nitrogen and oxygen atoms in total. The number of hydrogen-bond donors (Lipinski definition) is 1. The molecule has 0 aliphatic carbocycles. The number of carbonyl (C=O) groups is 1. The Bertz CT molecular complexity index is 67.5. The van der Waals surface area contributed by atoms with Crippen molar-refractivity contribution >= 4 is 13.9 Å². The van der Waals surface area contributed by atoms with Crippen LogP contribution in [0.1, 0.15) is 13.8 Å². The first-order valence-corrected chi connectivity index (χ1v) is 5.27. The summed E-state index contributed by atoms with van der Waals surface area (Å²) in [5.74, 6) is -0.833. The van der Waals surface area contributed by atoms with Crippen LogP contribution in [-0.2, 0) is 4.79 Å². The second-order valence-electron chi connectivity index (χ2n) is 1.91. The molecule has 0 aromatic carbocycles. The molecule has 0 aromatic rings. The third kappa shape index (κ3) is 76.2. The Labute approximate surface area is 58.0 Å². The number of aliphatic carboxylic acids is 1. The van der Waals surface area contributed by atoms with Crippen LogP contribution in [0.25, 0.3) is 0 Å². The Hall–Kier alpha value is -0.100. The number of carboxylic acid groups (broad SMARTS) is 1. The molecule has 56 valence electrons. The molecule has 0 spiro atoms. The molecule has 0 bridgehead atoms. The van der Waals surface area contributed by atoms with Crippen LogP contribution in [-0.4, -0.2) is 30.6 Å². The molecule has 0 saturated heterocycles. The fourth-order valence-electron chi connectivity index (χ4n) is 0. The van der Waals surface area contributed by atoms with Gasteiger partial charge in [-0.1, -0.05) is 6.92 Å². The Morgan fingerprint density at radius 3 is 1.67 bits per heavy atom. The van der Waals surface area contributed by atoms with Gasteiger partial charge in [-0.2, -0.15) is 0 Å². The monoisotopic (exact) mass is 150 g/mol. The van der Waals surface area contributed by atoms with E-state index in [0.29, 0.717) is 7.92 Å². The van der Waals surface area contributed by atoms with E-state index in [2.05, 4.69) is 20.3 Å². The molecule has 0 atom stereocenters. The van der Waals surface area contributed by atoms with Crippen LogP contribution in [0.15, 0.2) is 0 Å². The van der Waals surface area contributed by atoms with E-state index in [1.54, 1.807) is 0 Å². The van der Waals surface area contributed by atoms with Gasteiger partial charge >= 0.3 is 0 Å². The fraction of sp³-hybridized carbons (Fsp3) is 0.833. The van der Waals surface area contributed by atoms with Gasteiger partial charge in [0.15, 0.2) is 0 Å². The summed E-state index contributed by atoms with van der Waals surface area (Å²) in [5.41, 5.74) is 0. The van der Waals surface area contributed by atoms with Crippen LogP contribution in [0.2, 0.25) is 0 Å². The van der Waals surface area contributed by atoms with E-state index < -0.39 is 5.97 Å². The van der Waals surface area contributed by atoms with Crippen molar-refractivity contribution in [3.63, 3.8) is 0 Å². The van der Waals surface area contributed by atoms with Crippen LogP contribution in [0.4, 0.5) is 0 Å². The van der Waals surface area contributed by atoms with Crippen LogP contribution >= 0.6 is 7.92 Å². The predicted molar refractivity (Wildman–Crippen MR) is 42.6 cm³/mol. The van der Waals surface area contributed by atoms with Gasteiger partial charge in [-0.05, 0) is 19.5 Å². The van der Waals surface area contributed by atoms with E-state index in [0.717, 1.165) is 6.92 Å². The number of rotatable bonds is 1. The largest absolute Gasteiger partial charge is 0.481 e. The van der Waals surface area contributed by atoms with E-state index in [1.165, 1.54) is 6.16 Å². The Kier molecular flexibility index (Phi) is 10.2. The van der Waals surface area contributed by atoms with E-state index >= 15 is 0 Å². The molecule has 0 aromatic heterocycles. The highest BCUT2D eigenvalue weighted by Gasteiger charge is 1.78. The van der Waals surface area contributed by atoms with E-state index in [4.69, 9.17) is 9.90 Å². The molecule has 0 unspecified atom stereocenters. The fourth-order valence-corrected chi connectivity index (χ4v) is 0. The van der Waals surface area contributed by atoms with E-state index in [9.17, 15) is 0 Å². The molecule has 0 heterocycles. The Morgan fingerprint density at radius 2 is 1.67 bits per heavy atom. The maximum atomic E-state index is 9.00. The SMILES string of the molecule is CC(=O)O.CCP(C)C. The Balaban J connectivity index is 0. The summed E-state index contributed by atoms with van der Waals surface area (Å²) in [5, 5.41) is 7.42. The van der Waals surface area contributed by atoms with Crippen molar-refractivity contribution in [2.75, 3.05) is 19.5 Å². The van der Waals surface area contributed by atoms with Gasteiger partial charge in [0.05, 0.1) is 0 Å². The highest BCUT2D eigenvalue weighted by molar-refractivity contribution is 7.55. The lowest BCUT2D eigenvalue weighted by atomic mass is 10.9. The van der Waals surface area contributed by atoms with Gasteiger partial charge in [0.2, 0.25) is 0 Å². The molecular formula is C6H15O2P. The topological polar surface area (TPSA) is 37.3 Å². The predicted octanol–water partition coefficient (Wildman–Crippen LogP) is 1.84. The summed E-state index contributed by atoms with van der Waals surface area (Å²) >= 11 is 0. The minimum absolute atomic E-state index is 0.402. The third-order valence-corrected chi connectivity index (χ3v) is 1.90. The molecule has 1 N–H and O–H groups in total.